The molecule has 2 N–H and O–H groups in total. The lowest BCUT2D eigenvalue weighted by Crippen LogP contribution is -2.22. The molecule has 0 radical (unpaired) electrons. The first-order valence-electron chi connectivity index (χ1n) is 4.59. The zero-order valence-corrected chi connectivity index (χ0v) is 7.12. The lowest BCUT2D eigenvalue weighted by Gasteiger charge is -2.21. The highest BCUT2D eigenvalue weighted by Crippen LogP contribution is 2.23. The van der Waals surface area contributed by atoms with E-state index in [1.165, 1.54) is 0 Å². The second-order valence-electron chi connectivity index (χ2n) is 3.43. The summed E-state index contributed by atoms with van der Waals surface area (Å²) in [6.07, 6.45) is 4.07. The molecule has 0 aromatic carbocycles. The van der Waals surface area contributed by atoms with Gasteiger partial charge in [0.1, 0.15) is 0 Å². The first-order chi connectivity index (χ1) is 5.88. The molecule has 3 nitrogen and oxygen atoms in total. The minimum absolute atomic E-state index is 0.199. The largest absolute Gasteiger partial charge is 0.498 e. The highest BCUT2D eigenvalue weighted by atomic mass is 16.5. The number of allylic oxidation sites excluding steroid dienone is 1. The molecule has 1 fully saturated rings. The van der Waals surface area contributed by atoms with Gasteiger partial charge in [0.25, 0.3) is 0 Å². The quantitative estimate of drug-likeness (QED) is 0.591. The molecule has 0 aliphatic carbocycles. The molecule has 0 aromatic rings. The summed E-state index contributed by atoms with van der Waals surface area (Å²) in [7, 11) is 0. The fourth-order valence-electron chi connectivity index (χ4n) is 1.79. The monoisotopic (exact) mass is 169 g/mol. The molecule has 2 rings (SSSR count). The zero-order chi connectivity index (χ0) is 8.39. The van der Waals surface area contributed by atoms with Crippen LogP contribution in [0.1, 0.15) is 12.8 Å². The van der Waals surface area contributed by atoms with Gasteiger partial charge in [-0.15, -0.1) is 0 Å². The third-order valence-electron chi connectivity index (χ3n) is 2.51. The van der Waals surface area contributed by atoms with E-state index < -0.39 is 0 Å². The maximum absolute atomic E-state index is 9.56. The van der Waals surface area contributed by atoms with Crippen LogP contribution in [0.15, 0.2) is 11.8 Å². The average Bonchev–Trinajstić information content (AvgIpc) is 2.53. The van der Waals surface area contributed by atoms with Crippen LogP contribution in [0.4, 0.5) is 0 Å². The van der Waals surface area contributed by atoms with Gasteiger partial charge in [-0.05, 0) is 18.9 Å². The van der Waals surface area contributed by atoms with Crippen LogP contribution in [0, 0.1) is 5.92 Å². The highest BCUT2D eigenvalue weighted by Gasteiger charge is 2.29. The zero-order valence-electron chi connectivity index (χ0n) is 7.12. The molecule has 0 amide bonds. The Morgan fingerprint density at radius 3 is 3.00 bits per heavy atom. The molecule has 0 bridgehead atoms. The predicted molar refractivity (Wildman–Crippen MR) is 45.6 cm³/mol. The minimum Gasteiger partial charge on any atom is -0.498 e. The Labute approximate surface area is 72.4 Å². The Balaban J connectivity index is 2.02. The lowest BCUT2D eigenvalue weighted by atomic mass is 10.0. The lowest BCUT2D eigenvalue weighted by molar-refractivity contribution is 0.0991. The first kappa shape index (κ1) is 8.08. The van der Waals surface area contributed by atoms with E-state index in [0.29, 0.717) is 6.54 Å². The van der Waals surface area contributed by atoms with E-state index in [-0.39, 0.29) is 12.0 Å². The fraction of sp³-hybridized carbons (Fsp3) is 0.778. The van der Waals surface area contributed by atoms with E-state index in [0.717, 1.165) is 31.8 Å². The van der Waals surface area contributed by atoms with Crippen LogP contribution in [-0.2, 0) is 4.74 Å². The van der Waals surface area contributed by atoms with E-state index in [1.54, 1.807) is 0 Å². The van der Waals surface area contributed by atoms with E-state index in [4.69, 9.17) is 4.74 Å². The molecule has 0 spiro atoms. The second-order valence-corrected chi connectivity index (χ2v) is 3.43. The number of nitrogens with one attached hydrogen (secondary N) is 1. The van der Waals surface area contributed by atoms with Crippen molar-refractivity contribution in [1.82, 2.24) is 5.32 Å². The van der Waals surface area contributed by atoms with Crippen molar-refractivity contribution < 1.29 is 9.84 Å². The standard InChI is InChI=1S/C9H15NO2/c11-8-6-10-5-7(8)9-3-1-2-4-12-9/h3,7-8,10-11H,1-2,4-6H2/t7-,8-/m1/s1. The average molecular weight is 169 g/mol. The number of ether oxygens (including phenoxy) is 1. The minimum atomic E-state index is -0.255. The Morgan fingerprint density at radius 2 is 2.42 bits per heavy atom. The molecule has 0 saturated carbocycles. The van der Waals surface area contributed by atoms with Crippen LogP contribution >= 0.6 is 0 Å². The summed E-state index contributed by atoms with van der Waals surface area (Å²) in [4.78, 5) is 0. The molecule has 2 aliphatic rings. The van der Waals surface area contributed by atoms with Gasteiger partial charge >= 0.3 is 0 Å². The molecule has 2 aliphatic heterocycles. The maximum atomic E-state index is 9.56. The second kappa shape index (κ2) is 3.46. The van der Waals surface area contributed by atoms with Crippen LogP contribution < -0.4 is 5.32 Å². The van der Waals surface area contributed by atoms with Gasteiger partial charge in [0.15, 0.2) is 0 Å². The molecule has 3 heteroatoms. The van der Waals surface area contributed by atoms with Gasteiger partial charge < -0.3 is 15.2 Å². The van der Waals surface area contributed by atoms with Gasteiger partial charge in [-0.2, -0.15) is 0 Å². The number of aliphatic hydroxyl groups is 1. The van der Waals surface area contributed by atoms with E-state index in [9.17, 15) is 5.11 Å². The summed E-state index contributed by atoms with van der Waals surface area (Å²) in [5, 5.41) is 12.7. The Morgan fingerprint density at radius 1 is 1.50 bits per heavy atom. The van der Waals surface area contributed by atoms with Gasteiger partial charge in [0.05, 0.1) is 24.4 Å². The van der Waals surface area contributed by atoms with E-state index in [2.05, 4.69) is 11.4 Å². The van der Waals surface area contributed by atoms with Crippen LogP contribution in [0.5, 0.6) is 0 Å². The Bertz CT molecular complexity index is 191. The summed E-state index contributed by atoms with van der Waals surface area (Å²) >= 11 is 0. The predicted octanol–water partition coefficient (Wildman–Crippen LogP) is 0.261. The van der Waals surface area contributed by atoms with Crippen molar-refractivity contribution in [3.05, 3.63) is 11.8 Å². The SMILES string of the molecule is O[C@@H]1CNC[C@H]1C1=CCCCO1. The molecular weight excluding hydrogens is 154 g/mol. The summed E-state index contributed by atoms with van der Waals surface area (Å²) in [5.41, 5.74) is 0. The van der Waals surface area contributed by atoms with Crippen molar-refractivity contribution in [2.45, 2.75) is 18.9 Å². The molecule has 12 heavy (non-hydrogen) atoms. The summed E-state index contributed by atoms with van der Waals surface area (Å²) in [6, 6.07) is 0. The van der Waals surface area contributed by atoms with Gasteiger partial charge in [-0.1, -0.05) is 0 Å². The van der Waals surface area contributed by atoms with Gasteiger partial charge in [0.2, 0.25) is 0 Å². The normalized spacial score (nSPS) is 35.9. The first-order valence-corrected chi connectivity index (χ1v) is 4.59. The van der Waals surface area contributed by atoms with Crippen molar-refractivity contribution >= 4 is 0 Å². The molecular formula is C9H15NO2. The van der Waals surface area contributed by atoms with Crippen LogP contribution in [0.3, 0.4) is 0 Å². The molecule has 2 atom stereocenters. The molecule has 2 heterocycles. The Kier molecular flexibility index (Phi) is 2.33. The summed E-state index contributed by atoms with van der Waals surface area (Å²) in [5.74, 6) is 1.20. The molecule has 0 unspecified atom stereocenters. The molecule has 68 valence electrons. The topological polar surface area (TPSA) is 41.5 Å². The van der Waals surface area contributed by atoms with E-state index >= 15 is 0 Å². The van der Waals surface area contributed by atoms with Crippen LogP contribution in [0.25, 0.3) is 0 Å². The number of aliphatic hydroxyl groups excluding tert-OH is 1. The van der Waals surface area contributed by atoms with Crippen molar-refractivity contribution in [3.63, 3.8) is 0 Å². The third-order valence-corrected chi connectivity index (χ3v) is 2.51. The smallest absolute Gasteiger partial charge is 0.0990 e. The number of hydrogen-bond donors (Lipinski definition) is 2. The number of β-amino-alcohol motifs (C(OH)–C–C–N with tert-alkyl or cyclic N) is 1. The maximum Gasteiger partial charge on any atom is 0.0990 e. The van der Waals surface area contributed by atoms with Crippen LogP contribution in [0.2, 0.25) is 0 Å². The summed E-state index contributed by atoms with van der Waals surface area (Å²) < 4.78 is 5.49. The molecule has 0 aromatic heterocycles. The van der Waals surface area contributed by atoms with Crippen molar-refractivity contribution in [2.75, 3.05) is 19.7 Å². The molecule has 1 saturated heterocycles. The fourth-order valence-corrected chi connectivity index (χ4v) is 1.79. The number of hydrogen-bond acceptors (Lipinski definition) is 3. The van der Waals surface area contributed by atoms with Crippen molar-refractivity contribution in [2.24, 2.45) is 5.92 Å². The van der Waals surface area contributed by atoms with Gasteiger partial charge in [-0.25, -0.2) is 0 Å². The van der Waals surface area contributed by atoms with E-state index in [1.807, 2.05) is 0 Å². The van der Waals surface area contributed by atoms with Gasteiger partial charge in [-0.3, -0.25) is 0 Å². The third kappa shape index (κ3) is 1.47. The van der Waals surface area contributed by atoms with Crippen molar-refractivity contribution in [3.8, 4) is 0 Å². The van der Waals surface area contributed by atoms with Crippen LogP contribution in [-0.4, -0.2) is 30.9 Å². The Hall–Kier alpha value is -0.540. The van der Waals surface area contributed by atoms with Crippen molar-refractivity contribution in [1.29, 1.82) is 0 Å². The highest BCUT2D eigenvalue weighted by molar-refractivity contribution is 5.07. The summed E-state index contributed by atoms with van der Waals surface area (Å²) in [6.45, 7) is 2.37. The van der Waals surface area contributed by atoms with Gasteiger partial charge in [0, 0.05) is 13.1 Å². The number of rotatable bonds is 1.